The minimum Gasteiger partial charge on any atom is -0.437 e. The highest BCUT2D eigenvalue weighted by Gasteiger charge is 2.03. The molecule has 0 spiro atoms. The van der Waals surface area contributed by atoms with Gasteiger partial charge in [0.15, 0.2) is 0 Å². The summed E-state index contributed by atoms with van der Waals surface area (Å²) in [4.78, 5) is 8.04. The van der Waals surface area contributed by atoms with Crippen LogP contribution in [-0.4, -0.2) is 9.97 Å². The predicted octanol–water partition coefficient (Wildman–Crippen LogP) is 2.18. The number of hydrogen-bond donors (Lipinski definition) is 1. The van der Waals surface area contributed by atoms with Crippen LogP contribution in [-0.2, 0) is 6.54 Å². The van der Waals surface area contributed by atoms with Crippen LogP contribution in [0.15, 0.2) is 30.6 Å². The Balaban J connectivity index is 2.22. The monoisotopic (exact) mass is 233 g/mol. The fourth-order valence-corrected chi connectivity index (χ4v) is 1.29. The highest BCUT2D eigenvalue weighted by molar-refractivity contribution is 5.30. The van der Waals surface area contributed by atoms with E-state index in [9.17, 15) is 4.39 Å². The lowest BCUT2D eigenvalue weighted by atomic mass is 10.2. The average Bonchev–Trinajstić information content (AvgIpc) is 2.34. The fourth-order valence-electron chi connectivity index (χ4n) is 1.29. The van der Waals surface area contributed by atoms with Gasteiger partial charge in [-0.05, 0) is 18.6 Å². The summed E-state index contributed by atoms with van der Waals surface area (Å²) in [7, 11) is 0. The van der Waals surface area contributed by atoms with Crippen molar-refractivity contribution in [2.45, 2.75) is 13.5 Å². The number of hydrogen-bond acceptors (Lipinski definition) is 4. The van der Waals surface area contributed by atoms with Crippen LogP contribution in [0.3, 0.4) is 0 Å². The van der Waals surface area contributed by atoms with Gasteiger partial charge in [-0.25, -0.2) is 9.37 Å². The second kappa shape index (κ2) is 4.88. The van der Waals surface area contributed by atoms with Gasteiger partial charge in [-0.1, -0.05) is 6.07 Å². The first kappa shape index (κ1) is 11.5. The molecule has 0 amide bonds. The summed E-state index contributed by atoms with van der Waals surface area (Å²) < 4.78 is 18.7. The number of halogens is 1. The number of nitrogens with zero attached hydrogens (tertiary/aromatic N) is 2. The molecule has 0 radical (unpaired) electrons. The predicted molar refractivity (Wildman–Crippen MR) is 61.1 cm³/mol. The summed E-state index contributed by atoms with van der Waals surface area (Å²) >= 11 is 0. The second-order valence-corrected chi connectivity index (χ2v) is 3.57. The Bertz CT molecular complexity index is 531. The van der Waals surface area contributed by atoms with E-state index in [2.05, 4.69) is 9.97 Å². The fraction of sp³-hybridized carbons (Fsp3) is 0.167. The molecule has 0 aliphatic heterocycles. The van der Waals surface area contributed by atoms with Gasteiger partial charge in [0, 0.05) is 18.8 Å². The topological polar surface area (TPSA) is 61.0 Å². The third-order valence-electron chi connectivity index (χ3n) is 2.24. The van der Waals surface area contributed by atoms with Crippen LogP contribution in [0.1, 0.15) is 11.3 Å². The Kier molecular flexibility index (Phi) is 3.30. The molecule has 0 saturated heterocycles. The van der Waals surface area contributed by atoms with Gasteiger partial charge in [-0.15, -0.1) is 0 Å². The number of aromatic nitrogens is 2. The van der Waals surface area contributed by atoms with Crippen LogP contribution in [0, 0.1) is 12.7 Å². The Morgan fingerprint density at radius 3 is 2.88 bits per heavy atom. The van der Waals surface area contributed by atoms with Gasteiger partial charge < -0.3 is 10.5 Å². The zero-order chi connectivity index (χ0) is 12.3. The summed E-state index contributed by atoms with van der Waals surface area (Å²) in [6, 6.07) is 4.63. The Hall–Kier alpha value is -2.01. The normalized spacial score (nSPS) is 10.3. The van der Waals surface area contributed by atoms with Crippen LogP contribution in [0.4, 0.5) is 4.39 Å². The lowest BCUT2D eigenvalue weighted by Crippen LogP contribution is -2.01. The third-order valence-corrected chi connectivity index (χ3v) is 2.24. The minimum atomic E-state index is -0.314. The highest BCUT2D eigenvalue weighted by Crippen LogP contribution is 2.21. The van der Waals surface area contributed by atoms with Crippen LogP contribution >= 0.6 is 0 Å². The third kappa shape index (κ3) is 2.76. The zero-order valence-corrected chi connectivity index (χ0v) is 9.35. The Labute approximate surface area is 98.3 Å². The molecule has 2 rings (SSSR count). The molecule has 4 nitrogen and oxygen atoms in total. The van der Waals surface area contributed by atoms with E-state index < -0.39 is 0 Å². The molecule has 0 bridgehead atoms. The van der Waals surface area contributed by atoms with Crippen LogP contribution in [0.25, 0.3) is 0 Å². The summed E-state index contributed by atoms with van der Waals surface area (Å²) in [6.45, 7) is 1.97. The van der Waals surface area contributed by atoms with Crippen molar-refractivity contribution in [2.75, 3.05) is 0 Å². The van der Waals surface area contributed by atoms with Crippen LogP contribution in [0.5, 0.6) is 11.6 Å². The maximum atomic E-state index is 13.3. The van der Waals surface area contributed by atoms with Crippen molar-refractivity contribution in [1.82, 2.24) is 9.97 Å². The Morgan fingerprint density at radius 1 is 1.35 bits per heavy atom. The molecule has 88 valence electrons. The van der Waals surface area contributed by atoms with Gasteiger partial charge in [0.2, 0.25) is 5.88 Å². The number of rotatable bonds is 3. The number of aryl methyl sites for hydroxylation is 1. The van der Waals surface area contributed by atoms with Crippen molar-refractivity contribution >= 4 is 0 Å². The molecular formula is C12H12FN3O. The largest absolute Gasteiger partial charge is 0.437 e. The summed E-state index contributed by atoms with van der Waals surface area (Å²) in [6.07, 6.45) is 3.01. The molecule has 0 unspecified atom stereocenters. The first-order valence-electron chi connectivity index (χ1n) is 5.14. The maximum Gasteiger partial charge on any atom is 0.238 e. The maximum absolute atomic E-state index is 13.3. The molecule has 2 N–H and O–H groups in total. The molecule has 17 heavy (non-hydrogen) atoms. The van der Waals surface area contributed by atoms with E-state index in [0.717, 1.165) is 0 Å². The lowest BCUT2D eigenvalue weighted by Gasteiger charge is -2.06. The molecule has 5 heteroatoms. The number of benzene rings is 1. The SMILES string of the molecule is Cc1ccc(Oc2cncc(CN)n2)cc1F. The summed E-state index contributed by atoms with van der Waals surface area (Å²) in [5, 5.41) is 0. The number of ether oxygens (including phenoxy) is 1. The van der Waals surface area contributed by atoms with Gasteiger partial charge >= 0.3 is 0 Å². The molecule has 1 heterocycles. The van der Waals surface area contributed by atoms with Crippen molar-refractivity contribution in [1.29, 1.82) is 0 Å². The van der Waals surface area contributed by atoms with E-state index in [0.29, 0.717) is 22.9 Å². The molecular weight excluding hydrogens is 221 g/mol. The molecule has 0 saturated carbocycles. The van der Waals surface area contributed by atoms with E-state index in [1.165, 1.54) is 12.3 Å². The number of nitrogens with two attached hydrogens (primary N) is 1. The van der Waals surface area contributed by atoms with Crippen LogP contribution in [0.2, 0.25) is 0 Å². The molecule has 2 aromatic rings. The molecule has 0 fully saturated rings. The van der Waals surface area contributed by atoms with E-state index in [4.69, 9.17) is 10.5 Å². The first-order valence-corrected chi connectivity index (χ1v) is 5.14. The van der Waals surface area contributed by atoms with Crippen molar-refractivity contribution < 1.29 is 9.13 Å². The standard InChI is InChI=1S/C12H12FN3O/c1-8-2-3-10(4-11(8)13)17-12-7-15-6-9(5-14)16-12/h2-4,6-7H,5,14H2,1H3. The second-order valence-electron chi connectivity index (χ2n) is 3.57. The van der Waals surface area contributed by atoms with Gasteiger partial charge in [0.25, 0.3) is 0 Å². The zero-order valence-electron chi connectivity index (χ0n) is 9.35. The molecule has 0 aliphatic carbocycles. The molecule has 0 atom stereocenters. The van der Waals surface area contributed by atoms with Gasteiger partial charge in [0.1, 0.15) is 11.6 Å². The first-order chi connectivity index (χ1) is 8.19. The Morgan fingerprint density at radius 2 is 2.18 bits per heavy atom. The minimum absolute atomic E-state index is 0.284. The van der Waals surface area contributed by atoms with Crippen molar-refractivity contribution in [3.8, 4) is 11.6 Å². The van der Waals surface area contributed by atoms with Gasteiger partial charge in [0.05, 0.1) is 11.9 Å². The van der Waals surface area contributed by atoms with Crippen molar-refractivity contribution in [3.63, 3.8) is 0 Å². The van der Waals surface area contributed by atoms with E-state index in [1.54, 1.807) is 25.3 Å². The van der Waals surface area contributed by atoms with E-state index in [-0.39, 0.29) is 12.4 Å². The summed E-state index contributed by atoms with van der Waals surface area (Å²) in [5.74, 6) is 0.373. The van der Waals surface area contributed by atoms with Crippen molar-refractivity contribution in [3.05, 3.63) is 47.7 Å². The van der Waals surface area contributed by atoms with Gasteiger partial charge in [-0.3, -0.25) is 4.98 Å². The molecule has 1 aromatic heterocycles. The molecule has 0 aliphatic rings. The molecule has 1 aromatic carbocycles. The summed E-state index contributed by atoms with van der Waals surface area (Å²) in [5.41, 5.74) is 6.63. The van der Waals surface area contributed by atoms with E-state index in [1.807, 2.05) is 0 Å². The average molecular weight is 233 g/mol. The quantitative estimate of drug-likeness (QED) is 0.882. The van der Waals surface area contributed by atoms with Crippen molar-refractivity contribution in [2.24, 2.45) is 5.73 Å². The smallest absolute Gasteiger partial charge is 0.238 e. The van der Waals surface area contributed by atoms with E-state index >= 15 is 0 Å². The highest BCUT2D eigenvalue weighted by atomic mass is 19.1. The van der Waals surface area contributed by atoms with Gasteiger partial charge in [-0.2, -0.15) is 0 Å². The lowest BCUT2D eigenvalue weighted by molar-refractivity contribution is 0.452. The van der Waals surface area contributed by atoms with Crippen LogP contribution < -0.4 is 10.5 Å².